The van der Waals surface area contributed by atoms with Crippen LogP contribution in [0.3, 0.4) is 0 Å². The molecule has 0 aliphatic heterocycles. The van der Waals surface area contributed by atoms with E-state index in [2.05, 4.69) is 5.32 Å². The highest BCUT2D eigenvalue weighted by atomic mass is 35.5. The smallest absolute Gasteiger partial charge is 0.264 e. The van der Waals surface area contributed by atoms with Crippen molar-refractivity contribution in [3.05, 3.63) is 130 Å². The molecule has 2 amide bonds. The number of rotatable bonds is 13. The van der Waals surface area contributed by atoms with Crippen LogP contribution < -0.4 is 9.62 Å². The molecule has 9 heteroatoms. The van der Waals surface area contributed by atoms with E-state index in [-0.39, 0.29) is 35.5 Å². The Bertz CT molecular complexity index is 1710. The van der Waals surface area contributed by atoms with Crippen LogP contribution >= 0.6 is 11.6 Å². The Morgan fingerprint density at radius 2 is 1.49 bits per heavy atom. The minimum atomic E-state index is -4.20. The SMILES string of the molecule is CC[C@@H](C)NC(=O)[C@H](Cc1ccccc1)N(Cc1cccc(C)c1)C(=O)CN(c1cccc(Cl)c1)S(=O)(=O)c1ccc(C)cc1. The van der Waals surface area contributed by atoms with E-state index in [4.69, 9.17) is 11.6 Å². The molecule has 4 aromatic rings. The lowest BCUT2D eigenvalue weighted by Gasteiger charge is -2.34. The van der Waals surface area contributed by atoms with Gasteiger partial charge in [-0.2, -0.15) is 0 Å². The first-order chi connectivity index (χ1) is 21.5. The number of carbonyl (C=O) groups is 2. The Hall–Kier alpha value is -4.14. The topological polar surface area (TPSA) is 86.8 Å². The summed E-state index contributed by atoms with van der Waals surface area (Å²) in [5.74, 6) is -0.822. The minimum absolute atomic E-state index is 0.0430. The number of hydrogen-bond acceptors (Lipinski definition) is 4. The zero-order valence-electron chi connectivity index (χ0n) is 26.1. The Morgan fingerprint density at radius 3 is 2.13 bits per heavy atom. The van der Waals surface area contributed by atoms with Crippen molar-refractivity contribution in [3.63, 3.8) is 0 Å². The Kier molecular flexibility index (Phi) is 11.4. The first-order valence-corrected chi connectivity index (χ1v) is 16.8. The number of hydrogen-bond donors (Lipinski definition) is 1. The molecular formula is C36H40ClN3O4S. The molecule has 0 aromatic heterocycles. The van der Waals surface area contributed by atoms with Crippen LogP contribution in [0.15, 0.2) is 108 Å². The highest BCUT2D eigenvalue weighted by molar-refractivity contribution is 7.92. The summed E-state index contributed by atoms with van der Waals surface area (Å²) < 4.78 is 29.3. The molecule has 1 N–H and O–H groups in total. The highest BCUT2D eigenvalue weighted by Crippen LogP contribution is 2.27. The normalized spacial score (nSPS) is 12.6. The quantitative estimate of drug-likeness (QED) is 0.175. The zero-order chi connectivity index (χ0) is 32.6. The van der Waals surface area contributed by atoms with E-state index in [9.17, 15) is 18.0 Å². The second-order valence-corrected chi connectivity index (χ2v) is 13.6. The van der Waals surface area contributed by atoms with Crippen LogP contribution in [0.25, 0.3) is 0 Å². The summed E-state index contributed by atoms with van der Waals surface area (Å²) in [7, 11) is -4.20. The van der Waals surface area contributed by atoms with Gasteiger partial charge in [0.2, 0.25) is 11.8 Å². The highest BCUT2D eigenvalue weighted by Gasteiger charge is 2.35. The largest absolute Gasteiger partial charge is 0.352 e. The fourth-order valence-electron chi connectivity index (χ4n) is 5.00. The molecule has 0 heterocycles. The maximum Gasteiger partial charge on any atom is 0.264 e. The first-order valence-electron chi connectivity index (χ1n) is 15.0. The molecule has 7 nitrogen and oxygen atoms in total. The van der Waals surface area contributed by atoms with Gasteiger partial charge in [-0.15, -0.1) is 0 Å². The van der Waals surface area contributed by atoms with Crippen molar-refractivity contribution >= 4 is 39.1 Å². The molecule has 0 unspecified atom stereocenters. The van der Waals surface area contributed by atoms with E-state index < -0.39 is 28.5 Å². The molecule has 4 aromatic carbocycles. The second-order valence-electron chi connectivity index (χ2n) is 11.3. The maximum atomic E-state index is 14.5. The van der Waals surface area contributed by atoms with Crippen LogP contribution in [0, 0.1) is 13.8 Å². The van der Waals surface area contributed by atoms with Crippen LogP contribution in [0.5, 0.6) is 0 Å². The monoisotopic (exact) mass is 645 g/mol. The third-order valence-corrected chi connectivity index (χ3v) is 9.71. The van der Waals surface area contributed by atoms with Crippen molar-refractivity contribution in [1.29, 1.82) is 0 Å². The van der Waals surface area contributed by atoms with Gasteiger partial charge in [-0.3, -0.25) is 13.9 Å². The van der Waals surface area contributed by atoms with Crippen LogP contribution in [-0.2, 0) is 32.6 Å². The molecule has 45 heavy (non-hydrogen) atoms. The molecule has 0 aliphatic carbocycles. The number of benzene rings is 4. The second kappa shape index (κ2) is 15.2. The predicted octanol–water partition coefficient (Wildman–Crippen LogP) is 6.71. The molecule has 236 valence electrons. The Morgan fingerprint density at radius 1 is 0.822 bits per heavy atom. The molecule has 4 rings (SSSR count). The van der Waals surface area contributed by atoms with Crippen molar-refractivity contribution < 1.29 is 18.0 Å². The Labute approximate surface area is 271 Å². The molecule has 0 bridgehead atoms. The van der Waals surface area contributed by atoms with E-state index in [1.807, 2.05) is 82.3 Å². The average Bonchev–Trinajstić information content (AvgIpc) is 3.02. The van der Waals surface area contributed by atoms with Crippen molar-refractivity contribution in [3.8, 4) is 0 Å². The lowest BCUT2D eigenvalue weighted by molar-refractivity contribution is -0.140. The van der Waals surface area contributed by atoms with E-state index in [1.165, 1.54) is 23.1 Å². The van der Waals surface area contributed by atoms with E-state index in [0.717, 1.165) is 26.6 Å². The summed E-state index contributed by atoms with van der Waals surface area (Å²) in [5.41, 5.74) is 3.86. The fraction of sp³-hybridized carbons (Fsp3) is 0.278. The number of carbonyl (C=O) groups excluding carboxylic acids is 2. The van der Waals surface area contributed by atoms with Gasteiger partial charge in [-0.25, -0.2) is 8.42 Å². The number of nitrogens with zero attached hydrogens (tertiary/aromatic N) is 2. The van der Waals surface area contributed by atoms with Gasteiger partial charge in [0.25, 0.3) is 10.0 Å². The molecule has 0 saturated carbocycles. The summed E-state index contributed by atoms with van der Waals surface area (Å²) in [6, 6.07) is 29.1. The molecular weight excluding hydrogens is 606 g/mol. The molecule has 0 radical (unpaired) electrons. The predicted molar refractivity (Wildman–Crippen MR) is 181 cm³/mol. The number of aryl methyl sites for hydroxylation is 2. The zero-order valence-corrected chi connectivity index (χ0v) is 27.7. The number of nitrogens with one attached hydrogen (secondary N) is 1. The summed E-state index contributed by atoms with van der Waals surface area (Å²) in [6.45, 7) is 7.30. The van der Waals surface area contributed by atoms with Gasteiger partial charge < -0.3 is 10.2 Å². The number of halogens is 1. The number of amides is 2. The van der Waals surface area contributed by atoms with Crippen molar-refractivity contribution in [2.45, 2.75) is 64.1 Å². The van der Waals surface area contributed by atoms with Crippen molar-refractivity contribution in [2.24, 2.45) is 0 Å². The maximum absolute atomic E-state index is 14.5. The van der Waals surface area contributed by atoms with Crippen LogP contribution in [0.1, 0.15) is 42.5 Å². The van der Waals surface area contributed by atoms with Gasteiger partial charge in [-0.1, -0.05) is 102 Å². The lowest BCUT2D eigenvalue weighted by Crippen LogP contribution is -2.54. The van der Waals surface area contributed by atoms with Crippen LogP contribution in [0.2, 0.25) is 5.02 Å². The molecule has 0 saturated heterocycles. The molecule has 0 fully saturated rings. The standard InChI is InChI=1S/C36H40ClN3O4S/c1-5-28(4)38-36(42)34(22-29-12-7-6-8-13-29)39(24-30-14-9-11-27(3)21-30)35(41)25-40(32-16-10-15-31(37)23-32)45(43,44)33-19-17-26(2)18-20-33/h6-21,23,28,34H,5,22,24-25H2,1-4H3,(H,38,42)/t28-,34+/m1/s1. The van der Waals surface area contributed by atoms with E-state index in [0.29, 0.717) is 11.4 Å². The van der Waals surface area contributed by atoms with Crippen molar-refractivity contribution in [2.75, 3.05) is 10.8 Å². The van der Waals surface area contributed by atoms with Gasteiger partial charge in [0.1, 0.15) is 12.6 Å². The Balaban J connectivity index is 1.81. The van der Waals surface area contributed by atoms with Gasteiger partial charge in [-0.05, 0) is 68.7 Å². The van der Waals surface area contributed by atoms with Crippen molar-refractivity contribution in [1.82, 2.24) is 10.2 Å². The number of anilines is 1. The third kappa shape index (κ3) is 8.96. The van der Waals surface area contributed by atoms with E-state index in [1.54, 1.807) is 30.3 Å². The lowest BCUT2D eigenvalue weighted by atomic mass is 10.0. The third-order valence-electron chi connectivity index (χ3n) is 7.69. The van der Waals surface area contributed by atoms with Gasteiger partial charge >= 0.3 is 0 Å². The van der Waals surface area contributed by atoms with E-state index >= 15 is 0 Å². The summed E-state index contributed by atoms with van der Waals surface area (Å²) in [4.78, 5) is 30.0. The van der Waals surface area contributed by atoms with Gasteiger partial charge in [0.15, 0.2) is 0 Å². The summed E-state index contributed by atoms with van der Waals surface area (Å²) in [5, 5.41) is 3.38. The summed E-state index contributed by atoms with van der Waals surface area (Å²) in [6.07, 6.45) is 0.968. The van der Waals surface area contributed by atoms with Gasteiger partial charge in [0, 0.05) is 24.0 Å². The van der Waals surface area contributed by atoms with Gasteiger partial charge in [0.05, 0.1) is 10.6 Å². The first kappa shape index (κ1) is 33.7. The van der Waals surface area contributed by atoms with Crippen LogP contribution in [-0.4, -0.2) is 43.8 Å². The number of sulfonamides is 1. The average molecular weight is 646 g/mol. The fourth-order valence-corrected chi connectivity index (χ4v) is 6.59. The molecule has 0 aliphatic rings. The molecule has 2 atom stereocenters. The summed E-state index contributed by atoms with van der Waals surface area (Å²) >= 11 is 6.30. The minimum Gasteiger partial charge on any atom is -0.352 e. The van der Waals surface area contributed by atoms with Crippen LogP contribution in [0.4, 0.5) is 5.69 Å². The molecule has 0 spiro atoms.